The zero-order valence-electron chi connectivity index (χ0n) is 7.55. The molecule has 0 spiro atoms. The van der Waals surface area contributed by atoms with Crippen LogP contribution in [0, 0.1) is 0 Å². The van der Waals surface area contributed by atoms with Crippen molar-refractivity contribution in [2.45, 2.75) is 0 Å². The van der Waals surface area contributed by atoms with Crippen LogP contribution in [0.1, 0.15) is 13.1 Å². The molecule has 0 bridgehead atoms. The van der Waals surface area contributed by atoms with Crippen LogP contribution in [0.3, 0.4) is 0 Å². The van der Waals surface area contributed by atoms with E-state index in [1.165, 1.54) is 6.07 Å². The van der Waals surface area contributed by atoms with Crippen molar-refractivity contribution in [3.8, 4) is 0 Å². The first kappa shape index (κ1) is 7.00. The van der Waals surface area contributed by atoms with Gasteiger partial charge < -0.3 is 9.90 Å². The van der Waals surface area contributed by atoms with Crippen LogP contribution in [-0.4, -0.2) is 5.97 Å². The van der Waals surface area contributed by atoms with Crippen molar-refractivity contribution >= 4 is 5.97 Å². The standard InChI is InChI=1S/C7H6O2.K/c8-7(9)6-4-2-1-3-5-6;/h1-5H,(H,8,9);/q;+1/p-1/i2T,3T;. The van der Waals surface area contributed by atoms with Crippen LogP contribution in [0.4, 0.5) is 0 Å². The van der Waals surface area contributed by atoms with Crippen LogP contribution in [0.2, 0.25) is 0 Å². The van der Waals surface area contributed by atoms with Gasteiger partial charge in [-0.2, -0.15) is 0 Å². The maximum Gasteiger partial charge on any atom is 1.00 e. The Kier molecular flexibility index (Phi) is 3.53. The van der Waals surface area contributed by atoms with Gasteiger partial charge in [-0.3, -0.25) is 0 Å². The average Bonchev–Trinajstić information content (AvgIpc) is 1.85. The van der Waals surface area contributed by atoms with E-state index in [9.17, 15) is 9.90 Å². The maximum atomic E-state index is 10.2. The summed E-state index contributed by atoms with van der Waals surface area (Å²) in [6.45, 7) is 0. The molecule has 2 nitrogen and oxygen atoms in total. The minimum atomic E-state index is -1.35. The first-order valence-electron chi connectivity index (χ1n) is 3.39. The number of rotatable bonds is 1. The zero-order valence-corrected chi connectivity index (χ0v) is 8.67. The Morgan fingerprint density at radius 1 is 1.50 bits per heavy atom. The Labute approximate surface area is 104 Å². The molecule has 0 heterocycles. The van der Waals surface area contributed by atoms with Gasteiger partial charge in [0.1, 0.15) is 0 Å². The number of aromatic carboxylic acids is 1. The molecule has 0 aliphatic rings. The molecule has 0 amide bonds. The van der Waals surface area contributed by atoms with Gasteiger partial charge in [0.15, 0.2) is 0 Å². The SMILES string of the molecule is [3H]c1cc([3H])cc(C(=O)[O-])c1.[K+]. The Balaban J connectivity index is 0.00000121. The molecular weight excluding hydrogens is 155 g/mol. The topological polar surface area (TPSA) is 40.1 Å². The number of carbonyl (C=O) groups is 1. The van der Waals surface area contributed by atoms with E-state index >= 15 is 0 Å². The summed E-state index contributed by atoms with van der Waals surface area (Å²) in [7, 11) is 0. The van der Waals surface area contributed by atoms with Crippen LogP contribution in [-0.2, 0) is 0 Å². The number of carboxylic acid groups (broad SMARTS) is 1. The molecule has 0 fully saturated rings. The van der Waals surface area contributed by atoms with Gasteiger partial charge in [-0.1, -0.05) is 30.3 Å². The molecular formula is C7H5KO2. The van der Waals surface area contributed by atoms with Crippen molar-refractivity contribution in [1.29, 1.82) is 0 Å². The molecule has 1 rings (SSSR count). The first-order chi connectivity index (χ1) is 5.09. The van der Waals surface area contributed by atoms with E-state index < -0.39 is 5.97 Å². The minimum absolute atomic E-state index is 0. The van der Waals surface area contributed by atoms with Gasteiger partial charge in [0.2, 0.25) is 0 Å². The summed E-state index contributed by atoms with van der Waals surface area (Å²) in [5.74, 6) is -1.35. The molecule has 3 heteroatoms. The fourth-order valence-corrected chi connectivity index (χ4v) is 0.471. The summed E-state index contributed by atoms with van der Waals surface area (Å²) in [5, 5.41) is 10.2. The minimum Gasteiger partial charge on any atom is -0.545 e. The molecule has 1 aromatic rings. The van der Waals surface area contributed by atoms with Gasteiger partial charge in [0, 0.05) is 0 Å². The fourth-order valence-electron chi connectivity index (χ4n) is 0.471. The van der Waals surface area contributed by atoms with Gasteiger partial charge in [0.05, 0.1) is 8.71 Å². The van der Waals surface area contributed by atoms with E-state index in [2.05, 4.69) is 0 Å². The summed E-state index contributed by atoms with van der Waals surface area (Å²) < 4.78 is 14.1. The van der Waals surface area contributed by atoms with Crippen molar-refractivity contribution < 1.29 is 64.0 Å². The maximum absolute atomic E-state index is 10.2. The summed E-state index contributed by atoms with van der Waals surface area (Å²) in [4.78, 5) is 10.2. The molecule has 0 saturated heterocycles. The molecule has 0 atom stereocenters. The fraction of sp³-hybridized carbons (Fsp3) is 0. The van der Waals surface area contributed by atoms with Gasteiger partial charge in [-0.15, -0.1) is 0 Å². The number of hydrogen-bond donors (Lipinski definition) is 0. The smallest absolute Gasteiger partial charge is 0.545 e. The second kappa shape index (κ2) is 5.04. The van der Waals surface area contributed by atoms with E-state index in [0.29, 0.717) is 0 Å². The van der Waals surface area contributed by atoms with Gasteiger partial charge in [0.25, 0.3) is 0 Å². The number of hydrogen-bond acceptors (Lipinski definition) is 2. The number of carbonyl (C=O) groups excluding carboxylic acids is 1. The first-order valence-corrected chi connectivity index (χ1v) is 2.39. The summed E-state index contributed by atoms with van der Waals surface area (Å²) in [6.07, 6.45) is 0. The molecule has 0 N–H and O–H groups in total. The average molecular weight is 164 g/mol. The molecule has 0 unspecified atom stereocenters. The number of benzene rings is 1. The second-order valence-corrected chi connectivity index (χ2v) is 1.51. The summed E-state index contributed by atoms with van der Waals surface area (Å²) >= 11 is 0. The summed E-state index contributed by atoms with van der Waals surface area (Å²) in [5.41, 5.74) is -0.123. The third kappa shape index (κ3) is 2.94. The molecule has 0 saturated carbocycles. The third-order valence-electron chi connectivity index (χ3n) is 0.880. The van der Waals surface area contributed by atoms with E-state index in [0.717, 1.165) is 12.1 Å². The summed E-state index contributed by atoms with van der Waals surface area (Å²) in [6, 6.07) is 3.57. The predicted molar refractivity (Wildman–Crippen MR) is 30.8 cm³/mol. The largest absolute Gasteiger partial charge is 1.00 e. The van der Waals surface area contributed by atoms with Gasteiger partial charge in [-0.05, 0) is 5.56 Å². The van der Waals surface area contributed by atoms with Crippen molar-refractivity contribution in [2.24, 2.45) is 0 Å². The molecule has 1 aromatic carbocycles. The zero-order chi connectivity index (χ0) is 8.43. The molecule has 0 aromatic heterocycles. The van der Waals surface area contributed by atoms with Gasteiger partial charge >= 0.3 is 51.4 Å². The van der Waals surface area contributed by atoms with E-state index in [-0.39, 0.29) is 69.0 Å². The van der Waals surface area contributed by atoms with Crippen LogP contribution in [0.25, 0.3) is 0 Å². The molecule has 10 heavy (non-hydrogen) atoms. The monoisotopic (exact) mass is 164 g/mol. The quantitative estimate of drug-likeness (QED) is 0.416. The van der Waals surface area contributed by atoms with Crippen LogP contribution < -0.4 is 56.5 Å². The van der Waals surface area contributed by atoms with Gasteiger partial charge in [-0.25, -0.2) is 0 Å². The third-order valence-corrected chi connectivity index (χ3v) is 0.880. The Hall–Kier alpha value is 0.326. The molecule has 0 aliphatic heterocycles. The van der Waals surface area contributed by atoms with Crippen LogP contribution in [0.15, 0.2) is 30.3 Å². The molecule has 0 radical (unpaired) electrons. The van der Waals surface area contributed by atoms with Crippen LogP contribution >= 0.6 is 0 Å². The van der Waals surface area contributed by atoms with Crippen LogP contribution in [0.5, 0.6) is 0 Å². The normalized spacial score (nSPS) is 10.8. The predicted octanol–water partition coefficient (Wildman–Crippen LogP) is -2.95. The van der Waals surface area contributed by atoms with Crippen molar-refractivity contribution in [3.05, 3.63) is 35.8 Å². The van der Waals surface area contributed by atoms with E-state index in [1.54, 1.807) is 0 Å². The second-order valence-electron chi connectivity index (χ2n) is 1.51. The molecule has 0 aliphatic carbocycles. The Bertz CT molecular complexity index is 281. The van der Waals surface area contributed by atoms with Crippen molar-refractivity contribution in [3.63, 3.8) is 0 Å². The van der Waals surface area contributed by atoms with E-state index in [1.807, 2.05) is 0 Å². The van der Waals surface area contributed by atoms with Crippen molar-refractivity contribution in [2.75, 3.05) is 0 Å². The molecule has 46 valence electrons. The Morgan fingerprint density at radius 3 is 2.40 bits per heavy atom. The Morgan fingerprint density at radius 2 is 2.00 bits per heavy atom. The van der Waals surface area contributed by atoms with E-state index in [4.69, 9.17) is 2.74 Å². The van der Waals surface area contributed by atoms with Crippen molar-refractivity contribution in [1.82, 2.24) is 0 Å². The number of carboxylic acids is 1.